The second kappa shape index (κ2) is 13.7. The van der Waals surface area contributed by atoms with Crippen LogP contribution in [0.15, 0.2) is 48.5 Å². The molecule has 3 aliphatic rings. The molecule has 5 rings (SSSR count). The Hall–Kier alpha value is -3.43. The Labute approximate surface area is 247 Å². The van der Waals surface area contributed by atoms with Crippen LogP contribution in [-0.2, 0) is 16.0 Å². The molecule has 3 unspecified atom stereocenters. The van der Waals surface area contributed by atoms with E-state index in [0.29, 0.717) is 36.7 Å². The SMILES string of the molecule is C[C@H](C[C@H](O)[C@H](Cc1ccccc1)NC(=O)c1cc(OCCO)cc(N2CCCC2=O)c1)C(=O)NC1CC2CCC1C2. The number of anilines is 1. The molecule has 3 fully saturated rings. The van der Waals surface area contributed by atoms with Crippen molar-refractivity contribution in [3.05, 3.63) is 59.7 Å². The van der Waals surface area contributed by atoms with Gasteiger partial charge in [-0.3, -0.25) is 14.4 Å². The predicted molar refractivity (Wildman–Crippen MR) is 159 cm³/mol. The van der Waals surface area contributed by atoms with Gasteiger partial charge in [-0.25, -0.2) is 0 Å². The van der Waals surface area contributed by atoms with E-state index in [2.05, 4.69) is 10.6 Å². The Kier molecular flexibility index (Phi) is 9.80. The first kappa shape index (κ1) is 30.0. The molecular formula is C33H43N3O6. The third-order valence-corrected chi connectivity index (χ3v) is 9.09. The smallest absolute Gasteiger partial charge is 0.251 e. The van der Waals surface area contributed by atoms with Crippen LogP contribution in [0.3, 0.4) is 0 Å². The fourth-order valence-electron chi connectivity index (χ4n) is 6.82. The first-order valence-corrected chi connectivity index (χ1v) is 15.3. The summed E-state index contributed by atoms with van der Waals surface area (Å²) in [4.78, 5) is 40.8. The molecule has 226 valence electrons. The quantitative estimate of drug-likeness (QED) is 0.290. The van der Waals surface area contributed by atoms with Gasteiger partial charge in [0.15, 0.2) is 0 Å². The van der Waals surface area contributed by atoms with E-state index in [4.69, 9.17) is 4.74 Å². The second-order valence-electron chi connectivity index (χ2n) is 12.2. The molecule has 1 saturated heterocycles. The van der Waals surface area contributed by atoms with Crippen molar-refractivity contribution in [1.29, 1.82) is 0 Å². The summed E-state index contributed by atoms with van der Waals surface area (Å²) in [5.41, 5.74) is 1.79. The number of amides is 3. The van der Waals surface area contributed by atoms with Gasteiger partial charge >= 0.3 is 0 Å². The summed E-state index contributed by atoms with van der Waals surface area (Å²) in [6.07, 6.45) is 5.49. The van der Waals surface area contributed by atoms with Crippen LogP contribution >= 0.6 is 0 Å². The number of hydrogen-bond acceptors (Lipinski definition) is 6. The lowest BCUT2D eigenvalue weighted by molar-refractivity contribution is -0.126. The number of ether oxygens (including phenoxy) is 1. The number of fused-ring (bicyclic) bond motifs is 2. The van der Waals surface area contributed by atoms with Crippen LogP contribution in [-0.4, -0.2) is 65.9 Å². The van der Waals surface area contributed by atoms with Crippen LogP contribution in [0.5, 0.6) is 5.75 Å². The van der Waals surface area contributed by atoms with Crippen molar-refractivity contribution in [1.82, 2.24) is 10.6 Å². The van der Waals surface area contributed by atoms with Gasteiger partial charge in [0.1, 0.15) is 12.4 Å². The number of rotatable bonds is 13. The van der Waals surface area contributed by atoms with Crippen LogP contribution in [0.25, 0.3) is 0 Å². The van der Waals surface area contributed by atoms with Gasteiger partial charge in [0.2, 0.25) is 11.8 Å². The molecule has 2 bridgehead atoms. The molecule has 1 heterocycles. The van der Waals surface area contributed by atoms with Crippen molar-refractivity contribution < 1.29 is 29.3 Å². The van der Waals surface area contributed by atoms with E-state index in [1.165, 1.54) is 19.3 Å². The van der Waals surface area contributed by atoms with E-state index >= 15 is 0 Å². The van der Waals surface area contributed by atoms with E-state index in [1.807, 2.05) is 37.3 Å². The molecule has 9 heteroatoms. The number of hydrogen-bond donors (Lipinski definition) is 4. The van der Waals surface area contributed by atoms with E-state index in [-0.39, 0.29) is 43.1 Å². The lowest BCUT2D eigenvalue weighted by Gasteiger charge is -2.28. The summed E-state index contributed by atoms with van der Waals surface area (Å²) in [7, 11) is 0. The molecule has 0 aromatic heterocycles. The third kappa shape index (κ3) is 7.31. The Morgan fingerprint density at radius 2 is 1.93 bits per heavy atom. The monoisotopic (exact) mass is 577 g/mol. The Bertz CT molecular complexity index is 1250. The van der Waals surface area contributed by atoms with Gasteiger partial charge in [0.05, 0.1) is 18.8 Å². The lowest BCUT2D eigenvalue weighted by Crippen LogP contribution is -2.47. The molecule has 9 nitrogen and oxygen atoms in total. The summed E-state index contributed by atoms with van der Waals surface area (Å²) >= 11 is 0. The Morgan fingerprint density at radius 1 is 1.12 bits per heavy atom. The zero-order chi connectivity index (χ0) is 29.6. The van der Waals surface area contributed by atoms with Crippen LogP contribution in [0, 0.1) is 17.8 Å². The normalized spacial score (nSPS) is 23.5. The van der Waals surface area contributed by atoms with Crippen LogP contribution in [0.1, 0.15) is 67.8 Å². The molecule has 6 atom stereocenters. The molecule has 4 N–H and O–H groups in total. The van der Waals surface area contributed by atoms with Gasteiger partial charge < -0.3 is 30.5 Å². The number of carbonyl (C=O) groups excluding carboxylic acids is 3. The Morgan fingerprint density at radius 3 is 2.60 bits per heavy atom. The molecule has 2 aromatic carbocycles. The van der Waals surface area contributed by atoms with Gasteiger partial charge in [-0.15, -0.1) is 0 Å². The van der Waals surface area contributed by atoms with E-state index in [0.717, 1.165) is 24.3 Å². The summed E-state index contributed by atoms with van der Waals surface area (Å²) < 4.78 is 5.62. The molecule has 1 aliphatic heterocycles. The van der Waals surface area contributed by atoms with Crippen LogP contribution in [0.4, 0.5) is 5.69 Å². The molecule has 0 spiro atoms. The zero-order valence-corrected chi connectivity index (χ0v) is 24.3. The highest BCUT2D eigenvalue weighted by Gasteiger charge is 2.40. The summed E-state index contributed by atoms with van der Waals surface area (Å²) in [6, 6.07) is 14.1. The van der Waals surface area contributed by atoms with Crippen molar-refractivity contribution in [2.24, 2.45) is 17.8 Å². The topological polar surface area (TPSA) is 128 Å². The minimum atomic E-state index is -0.969. The maximum atomic E-state index is 13.6. The number of benzene rings is 2. The van der Waals surface area contributed by atoms with Gasteiger partial charge in [-0.1, -0.05) is 43.7 Å². The van der Waals surface area contributed by atoms with E-state index < -0.39 is 24.0 Å². The van der Waals surface area contributed by atoms with Crippen molar-refractivity contribution in [3.8, 4) is 5.75 Å². The average molecular weight is 578 g/mol. The fourth-order valence-corrected chi connectivity index (χ4v) is 6.82. The number of aliphatic hydroxyl groups is 2. The highest BCUT2D eigenvalue weighted by molar-refractivity contribution is 5.99. The molecule has 42 heavy (non-hydrogen) atoms. The van der Waals surface area contributed by atoms with Gasteiger partial charge in [-0.05, 0) is 68.1 Å². The third-order valence-electron chi connectivity index (χ3n) is 9.09. The van der Waals surface area contributed by atoms with Crippen molar-refractivity contribution >= 4 is 23.4 Å². The summed E-state index contributed by atoms with van der Waals surface area (Å²) in [6.45, 7) is 2.25. The van der Waals surface area contributed by atoms with Crippen LogP contribution in [0.2, 0.25) is 0 Å². The number of nitrogens with zero attached hydrogens (tertiary/aromatic N) is 1. The molecule has 0 radical (unpaired) electrons. The highest BCUT2D eigenvalue weighted by atomic mass is 16.5. The fraction of sp³-hybridized carbons (Fsp3) is 0.545. The maximum Gasteiger partial charge on any atom is 0.251 e. The van der Waals surface area contributed by atoms with Gasteiger partial charge in [-0.2, -0.15) is 0 Å². The Balaban J connectivity index is 1.30. The summed E-state index contributed by atoms with van der Waals surface area (Å²) in [5, 5.41) is 26.9. The minimum absolute atomic E-state index is 0.0178. The number of nitrogens with one attached hydrogen (secondary N) is 2. The highest BCUT2D eigenvalue weighted by Crippen LogP contribution is 2.44. The largest absolute Gasteiger partial charge is 0.491 e. The second-order valence-corrected chi connectivity index (χ2v) is 12.2. The first-order chi connectivity index (χ1) is 20.3. The molecule has 3 amide bonds. The molecular weight excluding hydrogens is 534 g/mol. The van der Waals surface area contributed by atoms with Gasteiger partial charge in [0.25, 0.3) is 5.91 Å². The maximum absolute atomic E-state index is 13.6. The zero-order valence-electron chi connectivity index (χ0n) is 24.3. The van der Waals surface area contributed by atoms with E-state index in [9.17, 15) is 24.6 Å². The van der Waals surface area contributed by atoms with E-state index in [1.54, 1.807) is 23.1 Å². The van der Waals surface area contributed by atoms with Crippen molar-refractivity contribution in [2.75, 3.05) is 24.7 Å². The molecule has 2 saturated carbocycles. The average Bonchev–Trinajstić information content (AvgIpc) is 3.73. The van der Waals surface area contributed by atoms with Crippen LogP contribution < -0.4 is 20.3 Å². The minimum Gasteiger partial charge on any atom is -0.491 e. The van der Waals surface area contributed by atoms with Crippen molar-refractivity contribution in [2.45, 2.75) is 76.5 Å². The lowest BCUT2D eigenvalue weighted by atomic mass is 9.91. The number of aliphatic hydroxyl groups excluding tert-OH is 2. The first-order valence-electron chi connectivity index (χ1n) is 15.3. The molecule has 2 aromatic rings. The standard InChI is InChI=1S/C33H43N3O6/c1-21(32(40)34-28-17-23-9-10-24(28)15-23)14-30(38)29(16-22-6-3-2-4-7-22)35-33(41)25-18-26(36-11-5-8-31(36)39)20-27(19-25)42-13-12-37/h2-4,6-7,18-21,23-24,28-30,37-38H,5,8-17H2,1H3,(H,34,40)(H,35,41)/t21-,23?,24?,28?,29+,30+/m1/s1. The molecule has 2 aliphatic carbocycles. The summed E-state index contributed by atoms with van der Waals surface area (Å²) in [5.74, 6) is 0.759. The van der Waals surface area contributed by atoms with Crippen molar-refractivity contribution in [3.63, 3.8) is 0 Å². The predicted octanol–water partition coefficient (Wildman–Crippen LogP) is 3.22. The van der Waals surface area contributed by atoms with Gasteiger partial charge in [0, 0.05) is 42.2 Å². The number of carbonyl (C=O) groups is 3.